The minimum atomic E-state index is -0.719. The molecule has 0 aliphatic rings. The van der Waals surface area contributed by atoms with Gasteiger partial charge in [0.05, 0.1) is 11.0 Å². The summed E-state index contributed by atoms with van der Waals surface area (Å²) in [5.74, 6) is -0.319. The number of non-ortho nitro benzene ring substituents is 1. The van der Waals surface area contributed by atoms with Crippen LogP contribution in [0.25, 0.3) is 11.3 Å². The molecule has 0 fully saturated rings. The van der Waals surface area contributed by atoms with Crippen LogP contribution in [0.3, 0.4) is 0 Å². The van der Waals surface area contributed by atoms with Crippen molar-refractivity contribution in [1.29, 1.82) is 0 Å². The Morgan fingerprint density at radius 2 is 2.18 bits per heavy atom. The molecular formula is C10H8FN3O3. The van der Waals surface area contributed by atoms with Crippen molar-refractivity contribution in [2.24, 2.45) is 0 Å². The molecule has 0 aliphatic heterocycles. The van der Waals surface area contributed by atoms with E-state index in [0.29, 0.717) is 5.56 Å². The molecule has 2 rings (SSSR count). The molecule has 88 valence electrons. The van der Waals surface area contributed by atoms with Crippen LogP contribution in [0.2, 0.25) is 0 Å². The van der Waals surface area contributed by atoms with E-state index in [1.807, 2.05) is 0 Å². The highest BCUT2D eigenvalue weighted by molar-refractivity contribution is 5.67. The summed E-state index contributed by atoms with van der Waals surface area (Å²) in [6.07, 6.45) is 0. The van der Waals surface area contributed by atoms with Crippen LogP contribution in [-0.4, -0.2) is 10.1 Å². The zero-order valence-corrected chi connectivity index (χ0v) is 8.81. The summed E-state index contributed by atoms with van der Waals surface area (Å²) in [5.41, 5.74) is 5.88. The maximum atomic E-state index is 13.2. The summed E-state index contributed by atoms with van der Waals surface area (Å²) >= 11 is 0. The third kappa shape index (κ3) is 1.94. The number of hydrogen-bond donors (Lipinski definition) is 1. The van der Waals surface area contributed by atoms with E-state index < -0.39 is 10.7 Å². The lowest BCUT2D eigenvalue weighted by Crippen LogP contribution is -1.91. The molecule has 1 heterocycles. The van der Waals surface area contributed by atoms with E-state index in [0.717, 1.165) is 12.1 Å². The molecule has 0 saturated heterocycles. The zero-order valence-electron chi connectivity index (χ0n) is 8.81. The molecule has 0 bridgehead atoms. The topological polar surface area (TPSA) is 95.2 Å². The van der Waals surface area contributed by atoms with Crippen LogP contribution in [0, 0.1) is 22.9 Å². The Morgan fingerprint density at radius 1 is 1.47 bits per heavy atom. The van der Waals surface area contributed by atoms with Gasteiger partial charge in [-0.05, 0) is 13.0 Å². The Balaban J connectivity index is 2.60. The van der Waals surface area contributed by atoms with Crippen molar-refractivity contribution in [1.82, 2.24) is 5.16 Å². The number of rotatable bonds is 2. The Kier molecular flexibility index (Phi) is 2.51. The van der Waals surface area contributed by atoms with Crippen LogP contribution in [0.1, 0.15) is 5.56 Å². The average Bonchev–Trinajstić information content (AvgIpc) is 2.59. The Hall–Kier alpha value is -2.44. The van der Waals surface area contributed by atoms with E-state index in [1.54, 1.807) is 6.92 Å². The van der Waals surface area contributed by atoms with E-state index in [1.165, 1.54) is 6.07 Å². The lowest BCUT2D eigenvalue weighted by Gasteiger charge is -1.98. The molecule has 0 atom stereocenters. The molecule has 17 heavy (non-hydrogen) atoms. The summed E-state index contributed by atoms with van der Waals surface area (Å²) in [6, 6.07) is 3.16. The third-order valence-electron chi connectivity index (χ3n) is 2.32. The van der Waals surface area contributed by atoms with Crippen LogP contribution in [0.15, 0.2) is 22.7 Å². The van der Waals surface area contributed by atoms with Gasteiger partial charge in [-0.3, -0.25) is 10.1 Å². The predicted molar refractivity (Wildman–Crippen MR) is 57.7 cm³/mol. The smallest absolute Gasteiger partial charge is 0.273 e. The average molecular weight is 237 g/mol. The number of nitro groups is 1. The van der Waals surface area contributed by atoms with Gasteiger partial charge in [0.15, 0.2) is 11.6 Å². The van der Waals surface area contributed by atoms with Crippen molar-refractivity contribution in [2.45, 2.75) is 6.92 Å². The molecule has 0 radical (unpaired) electrons. The standard InChI is InChI=1S/C10H8FN3O3/c1-5-9(17-13-10(5)12)6-2-7(11)4-8(3-6)14(15)16/h2-4H,1H3,(H2,12,13). The molecule has 1 aromatic heterocycles. The minimum Gasteiger partial charge on any atom is -0.381 e. The molecule has 0 amide bonds. The summed E-state index contributed by atoms with van der Waals surface area (Å²) in [5, 5.41) is 14.1. The summed E-state index contributed by atoms with van der Waals surface area (Å²) in [7, 11) is 0. The van der Waals surface area contributed by atoms with Crippen LogP contribution in [-0.2, 0) is 0 Å². The van der Waals surface area contributed by atoms with Crippen molar-refractivity contribution < 1.29 is 13.8 Å². The van der Waals surface area contributed by atoms with Crippen molar-refractivity contribution in [2.75, 3.05) is 5.73 Å². The minimum absolute atomic E-state index is 0.173. The molecule has 0 saturated carbocycles. The molecule has 6 nitrogen and oxygen atoms in total. The number of nitrogens with two attached hydrogens (primary N) is 1. The number of nitro benzene ring substituents is 1. The highest BCUT2D eigenvalue weighted by Crippen LogP contribution is 2.30. The summed E-state index contributed by atoms with van der Waals surface area (Å²) in [4.78, 5) is 9.92. The number of nitrogens with zero attached hydrogens (tertiary/aromatic N) is 2. The molecule has 0 aliphatic carbocycles. The molecule has 0 unspecified atom stereocenters. The van der Waals surface area contributed by atoms with E-state index in [4.69, 9.17) is 10.3 Å². The van der Waals surface area contributed by atoms with Crippen molar-refractivity contribution in [3.8, 4) is 11.3 Å². The number of aromatic nitrogens is 1. The first kappa shape index (κ1) is 11.1. The lowest BCUT2D eigenvalue weighted by atomic mass is 10.1. The van der Waals surface area contributed by atoms with Gasteiger partial charge in [-0.1, -0.05) is 5.16 Å². The monoisotopic (exact) mass is 237 g/mol. The van der Waals surface area contributed by atoms with Gasteiger partial charge >= 0.3 is 0 Å². The second-order valence-corrected chi connectivity index (χ2v) is 3.48. The fraction of sp³-hybridized carbons (Fsp3) is 0.100. The van der Waals surface area contributed by atoms with E-state index in [2.05, 4.69) is 5.16 Å². The highest BCUT2D eigenvalue weighted by atomic mass is 19.1. The zero-order chi connectivity index (χ0) is 12.6. The molecule has 2 aromatic rings. The quantitative estimate of drug-likeness (QED) is 0.638. The van der Waals surface area contributed by atoms with Gasteiger partial charge in [0.2, 0.25) is 0 Å². The second kappa shape index (κ2) is 3.85. The molecule has 0 spiro atoms. The normalized spacial score (nSPS) is 10.5. The number of benzene rings is 1. The Bertz CT molecular complexity index is 594. The summed E-state index contributed by atoms with van der Waals surface area (Å²) in [6.45, 7) is 1.64. The van der Waals surface area contributed by atoms with E-state index >= 15 is 0 Å². The van der Waals surface area contributed by atoms with Crippen molar-refractivity contribution in [3.05, 3.63) is 39.7 Å². The van der Waals surface area contributed by atoms with Gasteiger partial charge < -0.3 is 10.3 Å². The Morgan fingerprint density at radius 3 is 2.71 bits per heavy atom. The Labute approximate surface area is 95.0 Å². The van der Waals surface area contributed by atoms with Gasteiger partial charge in [-0.2, -0.15) is 0 Å². The molecular weight excluding hydrogens is 229 g/mol. The predicted octanol–water partition coefficient (Wildman–Crippen LogP) is 2.28. The number of halogens is 1. The van der Waals surface area contributed by atoms with Gasteiger partial charge in [-0.25, -0.2) is 4.39 Å². The van der Waals surface area contributed by atoms with Gasteiger partial charge in [0, 0.05) is 17.2 Å². The van der Waals surface area contributed by atoms with Gasteiger partial charge in [0.1, 0.15) is 5.82 Å². The fourth-order valence-corrected chi connectivity index (χ4v) is 1.43. The fourth-order valence-electron chi connectivity index (χ4n) is 1.43. The first-order valence-electron chi connectivity index (χ1n) is 4.66. The lowest BCUT2D eigenvalue weighted by molar-refractivity contribution is -0.385. The first-order chi connectivity index (χ1) is 7.99. The SMILES string of the molecule is Cc1c(N)noc1-c1cc(F)cc([N+](=O)[O-])c1. The largest absolute Gasteiger partial charge is 0.381 e. The van der Waals surface area contributed by atoms with E-state index in [9.17, 15) is 14.5 Å². The van der Waals surface area contributed by atoms with Crippen molar-refractivity contribution in [3.63, 3.8) is 0 Å². The number of hydrogen-bond acceptors (Lipinski definition) is 5. The van der Waals surface area contributed by atoms with Crippen LogP contribution in [0.5, 0.6) is 0 Å². The number of anilines is 1. The maximum Gasteiger partial charge on any atom is 0.273 e. The van der Waals surface area contributed by atoms with Crippen LogP contribution < -0.4 is 5.73 Å². The summed E-state index contributed by atoms with van der Waals surface area (Å²) < 4.78 is 18.1. The molecule has 2 N–H and O–H groups in total. The molecule has 7 heteroatoms. The maximum absolute atomic E-state index is 13.2. The third-order valence-corrected chi connectivity index (χ3v) is 2.32. The highest BCUT2D eigenvalue weighted by Gasteiger charge is 2.16. The van der Waals surface area contributed by atoms with Crippen molar-refractivity contribution >= 4 is 11.5 Å². The van der Waals surface area contributed by atoms with Gasteiger partial charge in [-0.15, -0.1) is 0 Å². The molecule has 1 aromatic carbocycles. The van der Waals surface area contributed by atoms with E-state index in [-0.39, 0.29) is 22.8 Å². The van der Waals surface area contributed by atoms with Crippen LogP contribution >= 0.6 is 0 Å². The number of nitrogen functional groups attached to an aromatic ring is 1. The second-order valence-electron chi connectivity index (χ2n) is 3.48. The van der Waals surface area contributed by atoms with Crippen LogP contribution in [0.4, 0.5) is 15.9 Å². The van der Waals surface area contributed by atoms with Gasteiger partial charge in [0.25, 0.3) is 5.69 Å². The first-order valence-corrected chi connectivity index (χ1v) is 4.66.